The molecule has 0 N–H and O–H groups in total. The standard InChI is InChI=1S/C7H15NOSi/c1-6(2)3-7(4-10)8-5-9/h6-7H,3-4H2,1-2,10H3. The monoisotopic (exact) mass is 157 g/mol. The summed E-state index contributed by atoms with van der Waals surface area (Å²) in [5, 5.41) is 0. The lowest BCUT2D eigenvalue weighted by molar-refractivity contribution is 0.511. The average Bonchev–Trinajstić information content (AvgIpc) is 1.86. The van der Waals surface area contributed by atoms with Crippen molar-refractivity contribution in [2.45, 2.75) is 32.4 Å². The van der Waals surface area contributed by atoms with E-state index in [9.17, 15) is 4.79 Å². The quantitative estimate of drug-likeness (QED) is 0.332. The molecule has 0 saturated heterocycles. The maximum Gasteiger partial charge on any atom is 0.235 e. The Labute approximate surface area is 65.2 Å². The van der Waals surface area contributed by atoms with Gasteiger partial charge < -0.3 is 0 Å². The SMILES string of the molecule is CC(C)CC(C[SiH3])N=C=O. The first-order chi connectivity index (χ1) is 4.70. The van der Waals surface area contributed by atoms with Gasteiger partial charge in [0.15, 0.2) is 0 Å². The lowest BCUT2D eigenvalue weighted by Gasteiger charge is -2.09. The summed E-state index contributed by atoms with van der Waals surface area (Å²) >= 11 is 0. The minimum absolute atomic E-state index is 0.254. The van der Waals surface area contributed by atoms with Crippen molar-refractivity contribution in [1.29, 1.82) is 0 Å². The molecular weight excluding hydrogens is 142 g/mol. The number of carbonyl (C=O) groups excluding carboxylic acids is 1. The van der Waals surface area contributed by atoms with Crippen LogP contribution in [-0.2, 0) is 4.79 Å². The fraction of sp³-hybridized carbons (Fsp3) is 0.857. The number of aliphatic imine (C=N–C) groups is 1. The molecule has 0 radical (unpaired) electrons. The molecule has 1 atom stereocenters. The zero-order chi connectivity index (χ0) is 7.98. The third-order valence-corrected chi connectivity index (χ3v) is 2.39. The molecule has 2 nitrogen and oxygen atoms in total. The van der Waals surface area contributed by atoms with E-state index in [1.807, 2.05) is 0 Å². The van der Waals surface area contributed by atoms with Crippen LogP contribution in [0.5, 0.6) is 0 Å². The van der Waals surface area contributed by atoms with Crippen molar-refractivity contribution in [3.05, 3.63) is 0 Å². The van der Waals surface area contributed by atoms with Crippen LogP contribution in [0, 0.1) is 5.92 Å². The molecule has 0 heterocycles. The van der Waals surface area contributed by atoms with E-state index in [1.165, 1.54) is 0 Å². The molecule has 58 valence electrons. The van der Waals surface area contributed by atoms with Crippen LogP contribution in [0.15, 0.2) is 4.99 Å². The van der Waals surface area contributed by atoms with Gasteiger partial charge in [-0.3, -0.25) is 0 Å². The highest BCUT2D eigenvalue weighted by atomic mass is 28.1. The second kappa shape index (κ2) is 5.39. The average molecular weight is 157 g/mol. The van der Waals surface area contributed by atoms with Crippen molar-refractivity contribution in [3.63, 3.8) is 0 Å². The first-order valence-corrected chi connectivity index (χ1v) is 5.19. The van der Waals surface area contributed by atoms with Gasteiger partial charge in [0.2, 0.25) is 6.08 Å². The number of hydrogen-bond donors (Lipinski definition) is 0. The van der Waals surface area contributed by atoms with Gasteiger partial charge in [-0.15, -0.1) is 0 Å². The van der Waals surface area contributed by atoms with Gasteiger partial charge in [0.25, 0.3) is 0 Å². The van der Waals surface area contributed by atoms with Gasteiger partial charge in [0.1, 0.15) is 0 Å². The number of hydrogen-bond acceptors (Lipinski definition) is 2. The van der Waals surface area contributed by atoms with Crippen LogP contribution in [0.25, 0.3) is 0 Å². The highest BCUT2D eigenvalue weighted by molar-refractivity contribution is 6.09. The van der Waals surface area contributed by atoms with Crippen LogP contribution >= 0.6 is 0 Å². The van der Waals surface area contributed by atoms with Crippen molar-refractivity contribution in [2.24, 2.45) is 10.9 Å². The molecule has 0 aromatic carbocycles. The number of nitrogens with zero attached hydrogens (tertiary/aromatic N) is 1. The molecule has 1 unspecified atom stereocenters. The van der Waals surface area contributed by atoms with Crippen LogP contribution in [0.4, 0.5) is 0 Å². The van der Waals surface area contributed by atoms with E-state index in [0.717, 1.165) is 22.7 Å². The van der Waals surface area contributed by atoms with E-state index in [-0.39, 0.29) is 6.04 Å². The zero-order valence-electron chi connectivity index (χ0n) is 6.92. The Kier molecular flexibility index (Phi) is 5.17. The van der Waals surface area contributed by atoms with E-state index < -0.39 is 0 Å². The van der Waals surface area contributed by atoms with Crippen molar-refractivity contribution in [2.75, 3.05) is 0 Å². The third-order valence-electron chi connectivity index (χ3n) is 1.45. The van der Waals surface area contributed by atoms with Crippen LogP contribution in [0.3, 0.4) is 0 Å². The Bertz CT molecular complexity index is 130. The molecule has 0 rings (SSSR count). The van der Waals surface area contributed by atoms with Crippen LogP contribution in [0.2, 0.25) is 6.04 Å². The highest BCUT2D eigenvalue weighted by Crippen LogP contribution is 2.09. The van der Waals surface area contributed by atoms with Gasteiger partial charge in [0.05, 0.1) is 6.04 Å². The normalized spacial score (nSPS) is 13.1. The van der Waals surface area contributed by atoms with Crippen molar-refractivity contribution in [1.82, 2.24) is 0 Å². The molecule has 0 aromatic rings. The smallest absolute Gasteiger partial charge is 0.211 e. The first kappa shape index (κ1) is 9.60. The van der Waals surface area contributed by atoms with Crippen molar-refractivity contribution >= 4 is 16.3 Å². The lowest BCUT2D eigenvalue weighted by atomic mass is 10.1. The van der Waals surface area contributed by atoms with E-state index in [2.05, 4.69) is 18.8 Å². The molecule has 0 aliphatic rings. The summed E-state index contributed by atoms with van der Waals surface area (Å²) in [7, 11) is 1.12. The minimum atomic E-state index is 0.254. The molecule has 0 spiro atoms. The highest BCUT2D eigenvalue weighted by Gasteiger charge is 2.05. The predicted molar refractivity (Wildman–Crippen MR) is 46.1 cm³/mol. The summed E-state index contributed by atoms with van der Waals surface area (Å²) in [4.78, 5) is 13.6. The summed E-state index contributed by atoms with van der Waals surface area (Å²) in [5.41, 5.74) is 0. The molecule has 0 aliphatic carbocycles. The van der Waals surface area contributed by atoms with E-state index in [0.29, 0.717) is 5.92 Å². The largest absolute Gasteiger partial charge is 0.235 e. The molecule has 3 heteroatoms. The van der Waals surface area contributed by atoms with Gasteiger partial charge in [-0.25, -0.2) is 9.79 Å². The Morgan fingerprint density at radius 3 is 2.50 bits per heavy atom. The molecule has 0 fully saturated rings. The maximum absolute atomic E-state index is 9.88. The molecule has 0 bridgehead atoms. The zero-order valence-corrected chi connectivity index (χ0v) is 8.92. The van der Waals surface area contributed by atoms with Gasteiger partial charge in [0, 0.05) is 10.2 Å². The van der Waals surface area contributed by atoms with E-state index in [4.69, 9.17) is 0 Å². The summed E-state index contributed by atoms with van der Waals surface area (Å²) in [6.45, 7) is 4.29. The maximum atomic E-state index is 9.88. The van der Waals surface area contributed by atoms with Gasteiger partial charge in [-0.2, -0.15) is 0 Å². The lowest BCUT2D eigenvalue weighted by Crippen LogP contribution is -2.06. The summed E-state index contributed by atoms with van der Waals surface area (Å²) in [5.74, 6) is 0.635. The van der Waals surface area contributed by atoms with Crippen molar-refractivity contribution in [3.8, 4) is 0 Å². The summed E-state index contributed by atoms with van der Waals surface area (Å²) < 4.78 is 0. The van der Waals surface area contributed by atoms with Crippen LogP contribution in [0.1, 0.15) is 20.3 Å². The summed E-state index contributed by atoms with van der Waals surface area (Å²) in [6, 6.07) is 1.33. The molecule has 0 aliphatic heterocycles. The minimum Gasteiger partial charge on any atom is -0.211 e. The van der Waals surface area contributed by atoms with Crippen LogP contribution in [-0.4, -0.2) is 22.4 Å². The summed E-state index contributed by atoms with van der Waals surface area (Å²) in [6.07, 6.45) is 2.65. The Morgan fingerprint density at radius 1 is 1.60 bits per heavy atom. The van der Waals surface area contributed by atoms with Gasteiger partial charge in [-0.05, 0) is 18.4 Å². The molecule has 10 heavy (non-hydrogen) atoms. The number of rotatable bonds is 4. The number of isocyanates is 1. The first-order valence-electron chi connectivity index (χ1n) is 3.77. The van der Waals surface area contributed by atoms with Gasteiger partial charge >= 0.3 is 0 Å². The Hall–Kier alpha value is -0.403. The van der Waals surface area contributed by atoms with Crippen LogP contribution < -0.4 is 0 Å². The topological polar surface area (TPSA) is 29.4 Å². The fourth-order valence-corrected chi connectivity index (χ4v) is 1.45. The van der Waals surface area contributed by atoms with Crippen molar-refractivity contribution < 1.29 is 4.79 Å². The van der Waals surface area contributed by atoms with Gasteiger partial charge in [-0.1, -0.05) is 13.8 Å². The molecule has 0 saturated carbocycles. The Balaban J connectivity index is 3.71. The van der Waals surface area contributed by atoms with E-state index in [1.54, 1.807) is 6.08 Å². The van der Waals surface area contributed by atoms with E-state index >= 15 is 0 Å². The Morgan fingerprint density at radius 2 is 2.20 bits per heavy atom. The second-order valence-electron chi connectivity index (χ2n) is 2.91. The molecular formula is C7H15NOSi. The second-order valence-corrected chi connectivity index (χ2v) is 3.73. The molecule has 0 aromatic heterocycles. The predicted octanol–water partition coefficient (Wildman–Crippen LogP) is 0.521. The third kappa shape index (κ3) is 4.47. The molecule has 0 amide bonds. The fourth-order valence-electron chi connectivity index (χ4n) is 0.929.